The molecule has 162 valence electrons. The molecule has 3 N–H and O–H groups in total. The minimum atomic E-state index is -0.0816. The van der Waals surface area contributed by atoms with E-state index < -0.39 is 0 Å². The van der Waals surface area contributed by atoms with Crippen molar-refractivity contribution in [1.82, 2.24) is 20.2 Å². The number of aromatic nitrogens is 2. The number of nitrogens with one attached hydrogen (secondary N) is 3. The van der Waals surface area contributed by atoms with Gasteiger partial charge in [0.05, 0.1) is 17.6 Å². The first-order valence-electron chi connectivity index (χ1n) is 11.5. The van der Waals surface area contributed by atoms with Gasteiger partial charge in [0, 0.05) is 17.3 Å². The Labute approximate surface area is 183 Å². The number of anilines is 1. The summed E-state index contributed by atoms with van der Waals surface area (Å²) in [6, 6.07) is 14.6. The van der Waals surface area contributed by atoms with E-state index in [2.05, 4.69) is 39.6 Å². The smallest absolute Gasteiger partial charge is 0.255 e. The number of piperidine rings is 1. The Kier molecular flexibility index (Phi) is 5.74. The van der Waals surface area contributed by atoms with Crippen LogP contribution in [0.3, 0.4) is 0 Å². The van der Waals surface area contributed by atoms with Crippen LogP contribution in [0.2, 0.25) is 0 Å². The second-order valence-electron chi connectivity index (χ2n) is 8.98. The van der Waals surface area contributed by atoms with Crippen LogP contribution < -0.4 is 10.6 Å². The highest BCUT2D eigenvalue weighted by Gasteiger charge is 2.21. The van der Waals surface area contributed by atoms with Gasteiger partial charge in [-0.3, -0.25) is 9.69 Å². The molecule has 1 amide bonds. The fraction of sp³-hybridized carbons (Fsp3) is 0.440. The maximum Gasteiger partial charge on any atom is 0.255 e. The fourth-order valence-corrected chi connectivity index (χ4v) is 4.90. The first kappa shape index (κ1) is 20.2. The first-order chi connectivity index (χ1) is 15.2. The topological polar surface area (TPSA) is 73.1 Å². The van der Waals surface area contributed by atoms with Gasteiger partial charge >= 0.3 is 0 Å². The summed E-state index contributed by atoms with van der Waals surface area (Å²) in [5.74, 6) is 1.50. The lowest BCUT2D eigenvalue weighted by atomic mass is 9.90. The van der Waals surface area contributed by atoms with Crippen LogP contribution >= 0.6 is 0 Å². The van der Waals surface area contributed by atoms with Gasteiger partial charge < -0.3 is 15.6 Å². The van der Waals surface area contributed by atoms with Crippen molar-refractivity contribution < 1.29 is 4.79 Å². The average Bonchev–Trinajstić information content (AvgIpc) is 3.39. The number of aromatic amines is 1. The molecular weight excluding hydrogens is 386 g/mol. The standard InChI is InChI=1S/C25H31N5O/c1-17-3-2-14-30(17)16-24-28-22-9-8-21(15-23(22)29-24)27-25(31)20-6-4-18(5-7-20)19-10-12-26-13-11-19/h4-9,15,17,19,26H,2-3,10-14,16H2,1H3,(H,27,31)(H,28,29)/t17-/m0/s1. The molecule has 1 atom stereocenters. The SMILES string of the molecule is C[C@H]1CCCN1Cc1nc2ccc(NC(=O)c3ccc(C4CCNCC4)cc3)cc2[nH]1. The Balaban J connectivity index is 1.25. The van der Waals surface area contributed by atoms with E-state index in [1.807, 2.05) is 30.3 Å². The number of hydrogen-bond acceptors (Lipinski definition) is 4. The van der Waals surface area contributed by atoms with Gasteiger partial charge in [0.25, 0.3) is 5.91 Å². The monoisotopic (exact) mass is 417 g/mol. The Morgan fingerprint density at radius 3 is 2.68 bits per heavy atom. The Hall–Kier alpha value is -2.70. The highest BCUT2D eigenvalue weighted by atomic mass is 16.1. The van der Waals surface area contributed by atoms with Crippen molar-refractivity contribution in [2.24, 2.45) is 0 Å². The van der Waals surface area contributed by atoms with Crippen LogP contribution in [0.5, 0.6) is 0 Å². The van der Waals surface area contributed by atoms with Gasteiger partial charge in [-0.25, -0.2) is 4.98 Å². The molecule has 6 heteroatoms. The maximum absolute atomic E-state index is 12.8. The molecule has 0 unspecified atom stereocenters. The summed E-state index contributed by atoms with van der Waals surface area (Å²) in [5, 5.41) is 6.43. The van der Waals surface area contributed by atoms with Crippen LogP contribution in [0.25, 0.3) is 11.0 Å². The third kappa shape index (κ3) is 4.50. The van der Waals surface area contributed by atoms with Crippen LogP contribution in [0, 0.1) is 0 Å². The molecule has 0 saturated carbocycles. The fourth-order valence-electron chi connectivity index (χ4n) is 4.90. The average molecular weight is 418 g/mol. The van der Waals surface area contributed by atoms with Crippen molar-refractivity contribution in [2.45, 2.75) is 51.1 Å². The molecule has 0 bridgehead atoms. The molecule has 2 saturated heterocycles. The second-order valence-corrected chi connectivity index (χ2v) is 8.98. The number of carbonyl (C=O) groups excluding carboxylic acids is 1. The zero-order valence-corrected chi connectivity index (χ0v) is 18.2. The zero-order valence-electron chi connectivity index (χ0n) is 18.2. The van der Waals surface area contributed by atoms with Crippen molar-refractivity contribution >= 4 is 22.6 Å². The number of nitrogens with zero attached hydrogens (tertiary/aromatic N) is 2. The molecule has 31 heavy (non-hydrogen) atoms. The summed E-state index contributed by atoms with van der Waals surface area (Å²) in [4.78, 5) is 23.4. The Morgan fingerprint density at radius 1 is 1.13 bits per heavy atom. The van der Waals surface area contributed by atoms with Crippen LogP contribution in [0.1, 0.15) is 60.3 Å². The minimum Gasteiger partial charge on any atom is -0.341 e. The molecule has 0 aliphatic carbocycles. The normalized spacial score (nSPS) is 20.4. The Bertz CT molecular complexity index is 1050. The van der Waals surface area contributed by atoms with Gasteiger partial charge in [-0.05, 0) is 94.1 Å². The zero-order chi connectivity index (χ0) is 21.2. The van der Waals surface area contributed by atoms with E-state index in [0.29, 0.717) is 17.5 Å². The number of H-pyrrole nitrogens is 1. The maximum atomic E-state index is 12.8. The lowest BCUT2D eigenvalue weighted by molar-refractivity contribution is 0.102. The first-order valence-corrected chi connectivity index (χ1v) is 11.5. The number of fused-ring (bicyclic) bond motifs is 1. The molecule has 2 aliphatic heterocycles. The molecule has 0 radical (unpaired) electrons. The molecule has 0 spiro atoms. The molecular formula is C25H31N5O. The third-order valence-electron chi connectivity index (χ3n) is 6.82. The van der Waals surface area contributed by atoms with Gasteiger partial charge in [0.15, 0.2) is 0 Å². The quantitative estimate of drug-likeness (QED) is 0.580. The highest BCUT2D eigenvalue weighted by molar-refractivity contribution is 6.05. The van der Waals surface area contributed by atoms with Crippen LogP contribution in [-0.2, 0) is 6.54 Å². The van der Waals surface area contributed by atoms with E-state index in [9.17, 15) is 4.79 Å². The minimum absolute atomic E-state index is 0.0816. The number of carbonyl (C=O) groups is 1. The van der Waals surface area contributed by atoms with Gasteiger partial charge in [-0.2, -0.15) is 0 Å². The number of benzene rings is 2. The van der Waals surface area contributed by atoms with Crippen LogP contribution in [0.15, 0.2) is 42.5 Å². The van der Waals surface area contributed by atoms with Crippen molar-refractivity contribution in [3.8, 4) is 0 Å². The van der Waals surface area contributed by atoms with Crippen molar-refractivity contribution in [3.05, 3.63) is 59.4 Å². The van der Waals surface area contributed by atoms with Gasteiger partial charge in [-0.1, -0.05) is 12.1 Å². The molecule has 2 aromatic carbocycles. The van der Waals surface area contributed by atoms with Gasteiger partial charge in [0.2, 0.25) is 0 Å². The van der Waals surface area contributed by atoms with E-state index in [-0.39, 0.29) is 5.91 Å². The molecule has 2 aliphatic rings. The van der Waals surface area contributed by atoms with Crippen molar-refractivity contribution in [2.75, 3.05) is 25.0 Å². The molecule has 5 rings (SSSR count). The molecule has 3 aromatic rings. The summed E-state index contributed by atoms with van der Waals surface area (Å²) in [6.07, 6.45) is 4.84. The van der Waals surface area contributed by atoms with E-state index in [4.69, 9.17) is 4.98 Å². The molecule has 6 nitrogen and oxygen atoms in total. The summed E-state index contributed by atoms with van der Waals surface area (Å²) in [7, 11) is 0. The Morgan fingerprint density at radius 2 is 1.94 bits per heavy atom. The largest absolute Gasteiger partial charge is 0.341 e. The lowest BCUT2D eigenvalue weighted by Crippen LogP contribution is -2.26. The van der Waals surface area contributed by atoms with Crippen molar-refractivity contribution in [1.29, 1.82) is 0 Å². The predicted octanol–water partition coefficient (Wildman–Crippen LogP) is 4.27. The number of hydrogen-bond donors (Lipinski definition) is 3. The number of imidazole rings is 1. The summed E-state index contributed by atoms with van der Waals surface area (Å²) < 4.78 is 0. The van der Waals surface area contributed by atoms with Crippen molar-refractivity contribution in [3.63, 3.8) is 0 Å². The highest BCUT2D eigenvalue weighted by Crippen LogP contribution is 2.26. The number of rotatable bonds is 5. The molecule has 1 aromatic heterocycles. The summed E-state index contributed by atoms with van der Waals surface area (Å²) >= 11 is 0. The van der Waals surface area contributed by atoms with Gasteiger partial charge in [0.1, 0.15) is 5.82 Å². The summed E-state index contributed by atoms with van der Waals surface area (Å²) in [5.41, 5.74) is 4.69. The second kappa shape index (κ2) is 8.81. The molecule has 2 fully saturated rings. The number of amides is 1. The summed E-state index contributed by atoms with van der Waals surface area (Å²) in [6.45, 7) is 6.41. The van der Waals surface area contributed by atoms with E-state index in [1.54, 1.807) is 0 Å². The van der Waals surface area contributed by atoms with Gasteiger partial charge in [-0.15, -0.1) is 0 Å². The molecule has 3 heterocycles. The van der Waals surface area contributed by atoms with Crippen LogP contribution in [0.4, 0.5) is 5.69 Å². The predicted molar refractivity (Wildman–Crippen MR) is 124 cm³/mol. The lowest BCUT2D eigenvalue weighted by Gasteiger charge is -2.23. The van der Waals surface area contributed by atoms with E-state index in [0.717, 1.165) is 61.6 Å². The van der Waals surface area contributed by atoms with E-state index >= 15 is 0 Å². The third-order valence-corrected chi connectivity index (χ3v) is 6.82. The number of likely N-dealkylation sites (tertiary alicyclic amines) is 1. The van der Waals surface area contributed by atoms with E-state index in [1.165, 1.54) is 18.4 Å². The van der Waals surface area contributed by atoms with Crippen LogP contribution in [-0.4, -0.2) is 46.5 Å².